The second kappa shape index (κ2) is 3.94. The molecule has 1 saturated carbocycles. The zero-order valence-electron chi connectivity index (χ0n) is 9.93. The van der Waals surface area contributed by atoms with Gasteiger partial charge in [-0.15, -0.1) is 0 Å². The summed E-state index contributed by atoms with van der Waals surface area (Å²) in [6.07, 6.45) is 6.87. The van der Waals surface area contributed by atoms with Crippen molar-refractivity contribution in [3.8, 4) is 0 Å². The minimum Gasteiger partial charge on any atom is -0.270 e. The highest BCUT2D eigenvalue weighted by Crippen LogP contribution is 2.41. The molecular formula is C11H13N5O2. The molecule has 7 nitrogen and oxygen atoms in total. The van der Waals surface area contributed by atoms with Gasteiger partial charge in [0.2, 0.25) is 0 Å². The molecule has 1 fully saturated rings. The summed E-state index contributed by atoms with van der Waals surface area (Å²) < 4.78 is 3.70. The van der Waals surface area contributed by atoms with Gasteiger partial charge in [0.1, 0.15) is 11.9 Å². The van der Waals surface area contributed by atoms with E-state index in [4.69, 9.17) is 0 Å². The second-order valence-corrected chi connectivity index (χ2v) is 4.58. The molecule has 0 aliphatic heterocycles. The Morgan fingerprint density at radius 1 is 1.39 bits per heavy atom. The van der Waals surface area contributed by atoms with E-state index in [9.17, 15) is 10.1 Å². The SMILES string of the molecule is Cc1c([N+](=O)[O-])cnn1C1CC(n2cccn2)C1. The van der Waals surface area contributed by atoms with Gasteiger partial charge in [-0.05, 0) is 25.8 Å². The summed E-state index contributed by atoms with van der Waals surface area (Å²) in [6, 6.07) is 2.53. The van der Waals surface area contributed by atoms with E-state index in [0.717, 1.165) is 12.8 Å². The molecule has 2 heterocycles. The summed E-state index contributed by atoms with van der Waals surface area (Å²) in [5, 5.41) is 19.1. The predicted octanol–water partition coefficient (Wildman–Crippen LogP) is 1.87. The number of hydrogen-bond donors (Lipinski definition) is 0. The topological polar surface area (TPSA) is 78.8 Å². The first-order valence-corrected chi connectivity index (χ1v) is 5.84. The first-order valence-electron chi connectivity index (χ1n) is 5.84. The van der Waals surface area contributed by atoms with Crippen LogP contribution in [0.1, 0.15) is 30.6 Å². The zero-order chi connectivity index (χ0) is 12.7. The number of hydrogen-bond acceptors (Lipinski definition) is 4. The van der Waals surface area contributed by atoms with Gasteiger partial charge >= 0.3 is 5.69 Å². The Bertz CT molecular complexity index is 568. The average Bonchev–Trinajstić information content (AvgIpc) is 2.87. The monoisotopic (exact) mass is 247 g/mol. The van der Waals surface area contributed by atoms with Crippen molar-refractivity contribution in [3.05, 3.63) is 40.5 Å². The maximum absolute atomic E-state index is 10.8. The molecule has 0 N–H and O–H groups in total. The summed E-state index contributed by atoms with van der Waals surface area (Å²) in [4.78, 5) is 10.4. The van der Waals surface area contributed by atoms with Crippen molar-refractivity contribution in [2.24, 2.45) is 0 Å². The highest BCUT2D eigenvalue weighted by Gasteiger charge is 2.34. The second-order valence-electron chi connectivity index (χ2n) is 4.58. The van der Waals surface area contributed by atoms with Crippen molar-refractivity contribution in [2.75, 3.05) is 0 Å². The van der Waals surface area contributed by atoms with Crippen LogP contribution in [0.15, 0.2) is 24.7 Å². The minimum absolute atomic E-state index is 0.0949. The van der Waals surface area contributed by atoms with Gasteiger partial charge in [0.05, 0.1) is 17.0 Å². The first kappa shape index (κ1) is 10.9. The maximum Gasteiger partial charge on any atom is 0.309 e. The first-order chi connectivity index (χ1) is 8.66. The number of nitro groups is 1. The summed E-state index contributed by atoms with van der Waals surface area (Å²) in [5.74, 6) is 0. The van der Waals surface area contributed by atoms with Crippen molar-refractivity contribution in [1.82, 2.24) is 19.6 Å². The highest BCUT2D eigenvalue weighted by atomic mass is 16.6. The lowest BCUT2D eigenvalue weighted by atomic mass is 9.87. The van der Waals surface area contributed by atoms with Crippen molar-refractivity contribution in [1.29, 1.82) is 0 Å². The van der Waals surface area contributed by atoms with Crippen LogP contribution in [0.4, 0.5) is 5.69 Å². The molecule has 0 aromatic carbocycles. The Labute approximate surface area is 103 Å². The molecule has 94 valence electrons. The fraction of sp³-hybridized carbons (Fsp3) is 0.455. The smallest absolute Gasteiger partial charge is 0.270 e. The van der Waals surface area contributed by atoms with Crippen LogP contribution in [-0.4, -0.2) is 24.5 Å². The average molecular weight is 247 g/mol. The molecule has 3 rings (SSSR count). The highest BCUT2D eigenvalue weighted by molar-refractivity contribution is 5.32. The zero-order valence-corrected chi connectivity index (χ0v) is 9.93. The lowest BCUT2D eigenvalue weighted by Gasteiger charge is -2.35. The molecule has 0 amide bonds. The Balaban J connectivity index is 1.74. The van der Waals surface area contributed by atoms with Gasteiger partial charge in [-0.1, -0.05) is 0 Å². The van der Waals surface area contributed by atoms with Crippen LogP contribution in [-0.2, 0) is 0 Å². The molecule has 0 atom stereocenters. The molecular weight excluding hydrogens is 234 g/mol. The van der Waals surface area contributed by atoms with Crippen LogP contribution in [0.25, 0.3) is 0 Å². The lowest BCUT2D eigenvalue weighted by molar-refractivity contribution is -0.385. The summed E-state index contributed by atoms with van der Waals surface area (Å²) >= 11 is 0. The molecule has 1 aliphatic carbocycles. The van der Waals surface area contributed by atoms with Crippen LogP contribution in [0, 0.1) is 17.0 Å². The van der Waals surface area contributed by atoms with E-state index in [1.807, 2.05) is 16.9 Å². The van der Waals surface area contributed by atoms with Crippen molar-refractivity contribution in [2.45, 2.75) is 31.8 Å². The van der Waals surface area contributed by atoms with Gasteiger partial charge in [0, 0.05) is 12.4 Å². The van der Waals surface area contributed by atoms with E-state index in [-0.39, 0.29) is 16.7 Å². The van der Waals surface area contributed by atoms with Crippen LogP contribution in [0.5, 0.6) is 0 Å². The molecule has 1 aliphatic rings. The number of rotatable bonds is 3. The Hall–Kier alpha value is -2.18. The van der Waals surface area contributed by atoms with E-state index < -0.39 is 0 Å². The van der Waals surface area contributed by atoms with E-state index >= 15 is 0 Å². The van der Waals surface area contributed by atoms with Gasteiger partial charge in [0.15, 0.2) is 0 Å². The van der Waals surface area contributed by atoms with Crippen molar-refractivity contribution >= 4 is 5.69 Å². The van der Waals surface area contributed by atoms with Crippen LogP contribution < -0.4 is 0 Å². The number of nitrogens with zero attached hydrogens (tertiary/aromatic N) is 5. The van der Waals surface area contributed by atoms with E-state index in [2.05, 4.69) is 10.2 Å². The van der Waals surface area contributed by atoms with Gasteiger partial charge in [-0.3, -0.25) is 19.5 Å². The fourth-order valence-corrected chi connectivity index (χ4v) is 2.43. The normalized spacial score (nSPS) is 22.7. The standard InChI is InChI=1S/C11H13N5O2/c1-8-11(16(17)18)7-13-15(8)10-5-9(6-10)14-4-2-3-12-14/h2-4,7,9-10H,5-6H2,1H3. The van der Waals surface area contributed by atoms with Gasteiger partial charge in [0.25, 0.3) is 0 Å². The Morgan fingerprint density at radius 3 is 2.72 bits per heavy atom. The molecule has 0 spiro atoms. The molecule has 0 radical (unpaired) electrons. The minimum atomic E-state index is -0.386. The Kier molecular flexibility index (Phi) is 2.39. The largest absolute Gasteiger partial charge is 0.309 e. The molecule has 0 unspecified atom stereocenters. The van der Waals surface area contributed by atoms with E-state index in [1.54, 1.807) is 17.8 Å². The lowest BCUT2D eigenvalue weighted by Crippen LogP contribution is -2.30. The van der Waals surface area contributed by atoms with Crippen LogP contribution >= 0.6 is 0 Å². The third kappa shape index (κ3) is 1.59. The molecule has 0 bridgehead atoms. The summed E-state index contributed by atoms with van der Waals surface area (Å²) in [5.41, 5.74) is 0.724. The number of aromatic nitrogens is 4. The third-order valence-electron chi connectivity index (χ3n) is 3.55. The molecule has 2 aromatic heterocycles. The van der Waals surface area contributed by atoms with Gasteiger partial charge in [-0.2, -0.15) is 10.2 Å². The van der Waals surface area contributed by atoms with E-state index in [1.165, 1.54) is 6.20 Å². The fourth-order valence-electron chi connectivity index (χ4n) is 2.43. The quantitative estimate of drug-likeness (QED) is 0.612. The van der Waals surface area contributed by atoms with Crippen LogP contribution in [0.3, 0.4) is 0 Å². The van der Waals surface area contributed by atoms with Crippen molar-refractivity contribution in [3.63, 3.8) is 0 Å². The molecule has 18 heavy (non-hydrogen) atoms. The summed E-state index contributed by atoms with van der Waals surface area (Å²) in [7, 11) is 0. The van der Waals surface area contributed by atoms with Gasteiger partial charge in [-0.25, -0.2) is 0 Å². The maximum atomic E-state index is 10.8. The summed E-state index contributed by atoms with van der Waals surface area (Å²) in [6.45, 7) is 1.74. The van der Waals surface area contributed by atoms with E-state index in [0.29, 0.717) is 11.7 Å². The Morgan fingerprint density at radius 2 is 2.17 bits per heavy atom. The van der Waals surface area contributed by atoms with Crippen molar-refractivity contribution < 1.29 is 4.92 Å². The third-order valence-corrected chi connectivity index (χ3v) is 3.55. The molecule has 7 heteroatoms. The predicted molar refractivity (Wildman–Crippen MR) is 63.2 cm³/mol. The van der Waals surface area contributed by atoms with Gasteiger partial charge < -0.3 is 0 Å². The molecule has 2 aromatic rings. The van der Waals surface area contributed by atoms with Crippen LogP contribution in [0.2, 0.25) is 0 Å². The molecule has 0 saturated heterocycles.